The fourth-order valence-electron chi connectivity index (χ4n) is 2.84. The van der Waals surface area contributed by atoms with Crippen LogP contribution in [0, 0.1) is 6.92 Å². The average molecular weight is 309 g/mol. The molecule has 0 aliphatic heterocycles. The molecule has 0 N–H and O–H groups in total. The van der Waals surface area contributed by atoms with Crippen molar-refractivity contribution in [1.82, 2.24) is 4.90 Å². The molecule has 0 aliphatic carbocycles. The number of ketones is 1. The Bertz CT molecular complexity index is 746. The van der Waals surface area contributed by atoms with Gasteiger partial charge in [0.2, 0.25) is 5.78 Å². The van der Waals surface area contributed by atoms with Crippen LogP contribution in [0.25, 0.3) is 10.8 Å². The van der Waals surface area contributed by atoms with E-state index in [-0.39, 0.29) is 5.78 Å². The monoisotopic (exact) mass is 309 g/mol. The zero-order chi connectivity index (χ0) is 16.8. The molecule has 0 saturated carbocycles. The van der Waals surface area contributed by atoms with E-state index in [4.69, 9.17) is 0 Å². The second-order valence-corrected chi connectivity index (χ2v) is 5.61. The van der Waals surface area contributed by atoms with Crippen LogP contribution in [0.15, 0.2) is 48.2 Å². The quantitative estimate of drug-likeness (QED) is 0.438. The lowest BCUT2D eigenvalue weighted by Gasteiger charge is -2.24. The minimum absolute atomic E-state index is 0.0874. The van der Waals surface area contributed by atoms with Crippen LogP contribution in [0.4, 0.5) is 0 Å². The van der Waals surface area contributed by atoms with Crippen LogP contribution in [0.1, 0.15) is 36.2 Å². The van der Waals surface area contributed by atoms with Crippen molar-refractivity contribution in [3.05, 3.63) is 59.3 Å². The van der Waals surface area contributed by atoms with Crippen molar-refractivity contribution in [2.45, 2.75) is 27.2 Å². The summed E-state index contributed by atoms with van der Waals surface area (Å²) >= 11 is 0. The average Bonchev–Trinajstić information content (AvgIpc) is 2.56. The van der Waals surface area contributed by atoms with Crippen molar-refractivity contribution in [3.63, 3.8) is 0 Å². The smallest absolute Gasteiger partial charge is 0.209 e. The molecule has 0 heterocycles. The van der Waals surface area contributed by atoms with Crippen LogP contribution in [-0.2, 0) is 4.79 Å². The van der Waals surface area contributed by atoms with Gasteiger partial charge in [0.05, 0.1) is 5.70 Å². The van der Waals surface area contributed by atoms with Gasteiger partial charge in [-0.1, -0.05) is 37.3 Å². The highest BCUT2D eigenvalue weighted by Gasteiger charge is 2.19. The molecule has 0 aromatic heterocycles. The maximum Gasteiger partial charge on any atom is 0.209 e. The largest absolute Gasteiger partial charge is 0.369 e. The third-order valence-electron chi connectivity index (χ3n) is 4.01. The van der Waals surface area contributed by atoms with Gasteiger partial charge in [0, 0.05) is 24.7 Å². The Morgan fingerprint density at radius 3 is 2.35 bits per heavy atom. The number of hydrogen-bond acceptors (Lipinski definition) is 3. The fourth-order valence-corrected chi connectivity index (χ4v) is 2.84. The Morgan fingerprint density at radius 1 is 1.13 bits per heavy atom. The summed E-state index contributed by atoms with van der Waals surface area (Å²) in [6.07, 6.45) is 3.01. The molecule has 120 valence electrons. The summed E-state index contributed by atoms with van der Waals surface area (Å²) in [7, 11) is 0. The number of rotatable bonds is 7. The first-order chi connectivity index (χ1) is 11.1. The van der Waals surface area contributed by atoms with E-state index in [9.17, 15) is 9.59 Å². The second-order valence-electron chi connectivity index (χ2n) is 5.61. The molecule has 2 aromatic rings. The van der Waals surface area contributed by atoms with Gasteiger partial charge >= 0.3 is 0 Å². The second kappa shape index (κ2) is 7.73. The molecule has 0 unspecified atom stereocenters. The number of aldehydes is 1. The van der Waals surface area contributed by atoms with E-state index in [2.05, 4.69) is 6.92 Å². The van der Waals surface area contributed by atoms with E-state index < -0.39 is 0 Å². The van der Waals surface area contributed by atoms with Gasteiger partial charge in [0.15, 0.2) is 0 Å². The topological polar surface area (TPSA) is 37.4 Å². The number of fused-ring (bicyclic) bond motifs is 1. The van der Waals surface area contributed by atoms with Crippen LogP contribution >= 0.6 is 0 Å². The number of carbonyl (C=O) groups excluding carboxylic acids is 2. The van der Waals surface area contributed by atoms with Gasteiger partial charge in [-0.3, -0.25) is 9.59 Å². The van der Waals surface area contributed by atoms with Crippen LogP contribution < -0.4 is 0 Å². The van der Waals surface area contributed by atoms with Crippen molar-refractivity contribution in [3.8, 4) is 0 Å². The SMILES string of the molecule is CCCN(CC)/C(=C/C=O)C(=O)c1cc2ccccc2cc1C. The molecule has 0 bridgehead atoms. The fraction of sp³-hybridized carbons (Fsp3) is 0.300. The first kappa shape index (κ1) is 16.9. The number of aryl methyl sites for hydroxylation is 1. The summed E-state index contributed by atoms with van der Waals surface area (Å²) in [4.78, 5) is 26.0. The summed E-state index contributed by atoms with van der Waals surface area (Å²) < 4.78 is 0. The molecule has 3 nitrogen and oxygen atoms in total. The molecular formula is C20H23NO2. The molecule has 0 amide bonds. The normalized spacial score (nSPS) is 11.5. The Labute approximate surface area is 137 Å². The van der Waals surface area contributed by atoms with Crippen LogP contribution in [0.5, 0.6) is 0 Å². The zero-order valence-corrected chi connectivity index (χ0v) is 14.0. The molecule has 0 fully saturated rings. The Kier molecular flexibility index (Phi) is 5.69. The Balaban J connectivity index is 2.49. The zero-order valence-electron chi connectivity index (χ0n) is 14.0. The minimum atomic E-state index is -0.0874. The number of nitrogens with zero attached hydrogens (tertiary/aromatic N) is 1. The number of hydrogen-bond donors (Lipinski definition) is 0. The molecular weight excluding hydrogens is 286 g/mol. The standard InChI is InChI=1S/C20H23NO2/c1-4-11-21(5-2)19(10-12-22)20(23)18-14-17-9-7-6-8-16(17)13-15(18)3/h6-10,12-14H,4-5,11H2,1-3H3/b19-10+. The lowest BCUT2D eigenvalue weighted by atomic mass is 9.97. The summed E-state index contributed by atoms with van der Waals surface area (Å²) in [5, 5.41) is 2.15. The van der Waals surface area contributed by atoms with E-state index >= 15 is 0 Å². The Hall–Kier alpha value is -2.42. The minimum Gasteiger partial charge on any atom is -0.369 e. The van der Waals surface area contributed by atoms with Crippen molar-refractivity contribution < 1.29 is 9.59 Å². The van der Waals surface area contributed by atoms with E-state index in [0.29, 0.717) is 24.1 Å². The third-order valence-corrected chi connectivity index (χ3v) is 4.01. The lowest BCUT2D eigenvalue weighted by molar-refractivity contribution is -0.104. The van der Waals surface area contributed by atoms with Crippen molar-refractivity contribution in [2.24, 2.45) is 0 Å². The summed E-state index contributed by atoms with van der Waals surface area (Å²) in [6, 6.07) is 11.9. The van der Waals surface area contributed by atoms with Crippen LogP contribution in [0.2, 0.25) is 0 Å². The van der Waals surface area contributed by atoms with Gasteiger partial charge in [-0.2, -0.15) is 0 Å². The molecule has 0 radical (unpaired) electrons. The molecule has 2 rings (SSSR count). The molecule has 0 saturated heterocycles. The Morgan fingerprint density at radius 2 is 1.78 bits per heavy atom. The first-order valence-electron chi connectivity index (χ1n) is 8.06. The number of allylic oxidation sites excluding steroid dienone is 2. The first-order valence-corrected chi connectivity index (χ1v) is 8.06. The predicted octanol–water partition coefficient (Wildman–Crippen LogP) is 4.15. The number of carbonyl (C=O) groups is 2. The molecule has 2 aromatic carbocycles. The number of Topliss-reactive ketones (excluding diaryl/α,β-unsaturated/α-hetero) is 1. The summed E-state index contributed by atoms with van der Waals surface area (Å²) in [6.45, 7) is 7.45. The van der Waals surface area contributed by atoms with Gasteiger partial charge in [0.1, 0.15) is 6.29 Å². The van der Waals surface area contributed by atoms with E-state index in [1.54, 1.807) is 0 Å². The van der Waals surface area contributed by atoms with Crippen LogP contribution in [0.3, 0.4) is 0 Å². The van der Waals surface area contributed by atoms with Crippen LogP contribution in [-0.4, -0.2) is 30.1 Å². The molecule has 3 heteroatoms. The predicted molar refractivity (Wildman–Crippen MR) is 94.7 cm³/mol. The molecule has 0 atom stereocenters. The molecule has 23 heavy (non-hydrogen) atoms. The number of benzene rings is 2. The van der Waals surface area contributed by atoms with Gasteiger partial charge in [-0.15, -0.1) is 0 Å². The van der Waals surface area contributed by atoms with Crippen molar-refractivity contribution in [1.29, 1.82) is 0 Å². The lowest BCUT2D eigenvalue weighted by Crippen LogP contribution is -2.29. The van der Waals surface area contributed by atoms with Gasteiger partial charge in [-0.25, -0.2) is 0 Å². The maximum absolute atomic E-state index is 13.0. The third kappa shape index (κ3) is 3.67. The highest BCUT2D eigenvalue weighted by atomic mass is 16.1. The van der Waals surface area contributed by atoms with E-state index in [1.165, 1.54) is 6.08 Å². The van der Waals surface area contributed by atoms with E-state index in [0.717, 1.165) is 29.3 Å². The maximum atomic E-state index is 13.0. The highest BCUT2D eigenvalue weighted by molar-refractivity contribution is 6.12. The van der Waals surface area contributed by atoms with Gasteiger partial charge in [0.25, 0.3) is 0 Å². The number of likely N-dealkylation sites (N-methyl/N-ethyl adjacent to an activating group) is 1. The van der Waals surface area contributed by atoms with E-state index in [1.807, 2.05) is 55.1 Å². The van der Waals surface area contributed by atoms with Crippen molar-refractivity contribution >= 4 is 22.8 Å². The summed E-state index contributed by atoms with van der Waals surface area (Å²) in [5.74, 6) is -0.0874. The van der Waals surface area contributed by atoms with Gasteiger partial charge in [-0.05, 0) is 42.7 Å². The molecule has 0 spiro atoms. The summed E-state index contributed by atoms with van der Waals surface area (Å²) in [5.41, 5.74) is 2.06. The highest BCUT2D eigenvalue weighted by Crippen LogP contribution is 2.23. The molecule has 0 aliphatic rings. The van der Waals surface area contributed by atoms with Gasteiger partial charge < -0.3 is 4.90 Å². The van der Waals surface area contributed by atoms with Crippen molar-refractivity contribution in [2.75, 3.05) is 13.1 Å².